The molecule has 1 aliphatic rings. The van der Waals surface area contributed by atoms with Crippen molar-refractivity contribution in [1.29, 1.82) is 0 Å². The number of aliphatic hydroxyl groups excluding tert-OH is 1. The van der Waals surface area contributed by atoms with Crippen LogP contribution < -0.4 is 0 Å². The molecule has 1 unspecified atom stereocenters. The second-order valence-corrected chi connectivity index (χ2v) is 4.36. The van der Waals surface area contributed by atoms with E-state index in [9.17, 15) is 5.11 Å². The molecule has 17 heavy (non-hydrogen) atoms. The van der Waals surface area contributed by atoms with Crippen molar-refractivity contribution in [2.24, 2.45) is 0 Å². The van der Waals surface area contributed by atoms with E-state index in [1.54, 1.807) is 0 Å². The Kier molecular flexibility index (Phi) is 2.71. The number of fused-ring (bicyclic) bond motifs is 1. The van der Waals surface area contributed by atoms with Gasteiger partial charge in [-0.3, -0.25) is 4.90 Å². The Balaban J connectivity index is 1.81. The van der Waals surface area contributed by atoms with Crippen molar-refractivity contribution in [3.8, 4) is 0 Å². The summed E-state index contributed by atoms with van der Waals surface area (Å²) in [6.07, 6.45) is 4.13. The van der Waals surface area contributed by atoms with Crippen molar-refractivity contribution in [2.75, 3.05) is 13.2 Å². The molecule has 1 aromatic carbocycles. The second-order valence-electron chi connectivity index (χ2n) is 4.36. The first-order valence-electron chi connectivity index (χ1n) is 5.86. The first-order valence-corrected chi connectivity index (χ1v) is 5.86. The van der Waals surface area contributed by atoms with E-state index in [2.05, 4.69) is 17.0 Å². The van der Waals surface area contributed by atoms with Gasteiger partial charge in [0.15, 0.2) is 0 Å². The van der Waals surface area contributed by atoms with Crippen LogP contribution in [0.2, 0.25) is 0 Å². The SMILES string of the molecule is OCC1C=CCN1Cc1cc2ccccc2o1. The predicted molar refractivity (Wildman–Crippen MR) is 66.6 cm³/mol. The van der Waals surface area contributed by atoms with Gasteiger partial charge in [0.05, 0.1) is 19.2 Å². The lowest BCUT2D eigenvalue weighted by Crippen LogP contribution is -2.31. The van der Waals surface area contributed by atoms with E-state index in [0.717, 1.165) is 29.8 Å². The van der Waals surface area contributed by atoms with E-state index < -0.39 is 0 Å². The van der Waals surface area contributed by atoms with Crippen LogP contribution >= 0.6 is 0 Å². The summed E-state index contributed by atoms with van der Waals surface area (Å²) in [4.78, 5) is 2.19. The summed E-state index contributed by atoms with van der Waals surface area (Å²) in [5, 5.41) is 10.4. The van der Waals surface area contributed by atoms with E-state index in [1.165, 1.54) is 0 Å². The second kappa shape index (κ2) is 4.35. The van der Waals surface area contributed by atoms with Crippen molar-refractivity contribution in [1.82, 2.24) is 4.90 Å². The number of aliphatic hydroxyl groups is 1. The van der Waals surface area contributed by atoms with E-state index in [0.29, 0.717) is 0 Å². The molecule has 3 nitrogen and oxygen atoms in total. The number of furan rings is 1. The Labute approximate surface area is 100.0 Å². The van der Waals surface area contributed by atoms with Gasteiger partial charge in [-0.15, -0.1) is 0 Å². The quantitative estimate of drug-likeness (QED) is 0.819. The molecule has 0 radical (unpaired) electrons. The molecule has 88 valence electrons. The van der Waals surface area contributed by atoms with Gasteiger partial charge >= 0.3 is 0 Å². The first kappa shape index (κ1) is 10.6. The van der Waals surface area contributed by atoms with Crippen LogP contribution in [0, 0.1) is 0 Å². The highest BCUT2D eigenvalue weighted by molar-refractivity contribution is 5.77. The fourth-order valence-electron chi connectivity index (χ4n) is 2.28. The van der Waals surface area contributed by atoms with Crippen LogP contribution in [0.3, 0.4) is 0 Å². The molecule has 1 aromatic heterocycles. The molecular formula is C14H15NO2. The molecule has 0 saturated heterocycles. The number of hydrogen-bond donors (Lipinski definition) is 1. The van der Waals surface area contributed by atoms with Crippen molar-refractivity contribution >= 4 is 11.0 Å². The molecule has 1 aliphatic heterocycles. The van der Waals surface area contributed by atoms with E-state index in [1.807, 2.05) is 30.3 Å². The van der Waals surface area contributed by atoms with Crippen molar-refractivity contribution < 1.29 is 9.52 Å². The maximum atomic E-state index is 9.23. The third kappa shape index (κ3) is 1.99. The summed E-state index contributed by atoms with van der Waals surface area (Å²) in [6.45, 7) is 1.78. The van der Waals surface area contributed by atoms with Crippen LogP contribution in [0.1, 0.15) is 5.76 Å². The average molecular weight is 229 g/mol. The number of benzene rings is 1. The van der Waals surface area contributed by atoms with Crippen molar-refractivity contribution in [2.45, 2.75) is 12.6 Å². The molecule has 1 N–H and O–H groups in total. The zero-order valence-electron chi connectivity index (χ0n) is 9.54. The Hall–Kier alpha value is -1.58. The van der Waals surface area contributed by atoms with Crippen LogP contribution in [0.25, 0.3) is 11.0 Å². The van der Waals surface area contributed by atoms with Gasteiger partial charge in [-0.05, 0) is 12.1 Å². The third-order valence-electron chi connectivity index (χ3n) is 3.19. The van der Waals surface area contributed by atoms with Crippen LogP contribution in [0.15, 0.2) is 46.9 Å². The molecule has 3 rings (SSSR count). The molecule has 2 aromatic rings. The third-order valence-corrected chi connectivity index (χ3v) is 3.19. The van der Waals surface area contributed by atoms with E-state index in [4.69, 9.17) is 4.42 Å². The standard InChI is InChI=1S/C14H15NO2/c16-10-12-5-3-7-15(12)9-13-8-11-4-1-2-6-14(11)17-13/h1-6,8,12,16H,7,9-10H2. The number of rotatable bonds is 3. The highest BCUT2D eigenvalue weighted by atomic mass is 16.3. The molecule has 0 aliphatic carbocycles. The molecule has 2 heterocycles. The highest BCUT2D eigenvalue weighted by Crippen LogP contribution is 2.21. The number of hydrogen-bond acceptors (Lipinski definition) is 3. The maximum absolute atomic E-state index is 9.23. The van der Waals surface area contributed by atoms with Gasteiger partial charge in [-0.1, -0.05) is 30.4 Å². The fraction of sp³-hybridized carbons (Fsp3) is 0.286. The van der Waals surface area contributed by atoms with Crippen LogP contribution in [-0.4, -0.2) is 29.2 Å². The lowest BCUT2D eigenvalue weighted by molar-refractivity contribution is 0.162. The summed E-state index contributed by atoms with van der Waals surface area (Å²) in [5.41, 5.74) is 0.926. The smallest absolute Gasteiger partial charge is 0.134 e. The number of nitrogens with zero attached hydrogens (tertiary/aromatic N) is 1. The van der Waals surface area contributed by atoms with Gasteiger partial charge in [0, 0.05) is 11.9 Å². The van der Waals surface area contributed by atoms with Crippen LogP contribution in [0.5, 0.6) is 0 Å². The highest BCUT2D eigenvalue weighted by Gasteiger charge is 2.20. The topological polar surface area (TPSA) is 36.6 Å². The molecule has 3 heteroatoms. The minimum atomic E-state index is 0.128. The van der Waals surface area contributed by atoms with Gasteiger partial charge < -0.3 is 9.52 Å². The summed E-state index contributed by atoms with van der Waals surface area (Å²) in [7, 11) is 0. The zero-order chi connectivity index (χ0) is 11.7. The first-order chi connectivity index (χ1) is 8.36. The van der Waals surface area contributed by atoms with Gasteiger partial charge in [0.2, 0.25) is 0 Å². The van der Waals surface area contributed by atoms with Gasteiger partial charge in [-0.25, -0.2) is 0 Å². The molecule has 0 bridgehead atoms. The maximum Gasteiger partial charge on any atom is 0.134 e. The minimum Gasteiger partial charge on any atom is -0.460 e. The van der Waals surface area contributed by atoms with Crippen molar-refractivity contribution in [3.63, 3.8) is 0 Å². The monoisotopic (exact) mass is 229 g/mol. The summed E-state index contributed by atoms with van der Waals surface area (Å²) in [6, 6.07) is 10.2. The lowest BCUT2D eigenvalue weighted by atomic mass is 10.2. The number of para-hydroxylation sites is 1. The Morgan fingerprint density at radius 1 is 1.35 bits per heavy atom. The van der Waals surface area contributed by atoms with Crippen molar-refractivity contribution in [3.05, 3.63) is 48.2 Å². The van der Waals surface area contributed by atoms with E-state index in [-0.39, 0.29) is 12.6 Å². The van der Waals surface area contributed by atoms with E-state index >= 15 is 0 Å². The molecular weight excluding hydrogens is 214 g/mol. The van der Waals surface area contributed by atoms with Crippen LogP contribution in [0.4, 0.5) is 0 Å². The summed E-state index contributed by atoms with van der Waals surface area (Å²) in [5.74, 6) is 0.952. The molecule has 1 atom stereocenters. The summed E-state index contributed by atoms with van der Waals surface area (Å²) >= 11 is 0. The van der Waals surface area contributed by atoms with Crippen LogP contribution in [-0.2, 0) is 6.54 Å². The molecule has 0 amide bonds. The molecule has 0 spiro atoms. The molecule has 0 fully saturated rings. The molecule has 0 saturated carbocycles. The zero-order valence-corrected chi connectivity index (χ0v) is 9.54. The Morgan fingerprint density at radius 3 is 3.06 bits per heavy atom. The van der Waals surface area contributed by atoms with Gasteiger partial charge in [0.1, 0.15) is 11.3 Å². The summed E-state index contributed by atoms with van der Waals surface area (Å²) < 4.78 is 5.77. The minimum absolute atomic E-state index is 0.128. The van der Waals surface area contributed by atoms with Gasteiger partial charge in [-0.2, -0.15) is 0 Å². The normalized spacial score (nSPS) is 20.4. The lowest BCUT2D eigenvalue weighted by Gasteiger charge is -2.20. The Morgan fingerprint density at radius 2 is 2.24 bits per heavy atom. The largest absolute Gasteiger partial charge is 0.460 e. The Bertz CT molecular complexity index is 511. The fourth-order valence-corrected chi connectivity index (χ4v) is 2.28. The average Bonchev–Trinajstić information content (AvgIpc) is 2.94. The van der Waals surface area contributed by atoms with Gasteiger partial charge in [0.25, 0.3) is 0 Å². The predicted octanol–water partition coefficient (Wildman–Crippen LogP) is 2.17.